The first kappa shape index (κ1) is 14.8. The molecule has 0 bridgehead atoms. The maximum atomic E-state index is 12.2. The van der Waals surface area contributed by atoms with E-state index in [2.05, 4.69) is 5.32 Å². The molecule has 1 aromatic heterocycles. The lowest BCUT2D eigenvalue weighted by atomic mass is 9.93. The van der Waals surface area contributed by atoms with Crippen molar-refractivity contribution in [3.05, 3.63) is 34.8 Å². The number of aromatic nitrogens is 1. The molecule has 0 radical (unpaired) electrons. The third kappa shape index (κ3) is 3.06. The highest BCUT2D eigenvalue weighted by Gasteiger charge is 2.22. The number of nitrogens with zero attached hydrogens (tertiary/aromatic N) is 1. The summed E-state index contributed by atoms with van der Waals surface area (Å²) < 4.78 is 11.8. The molecule has 1 N–H and O–H groups in total. The van der Waals surface area contributed by atoms with Gasteiger partial charge in [0.05, 0.1) is 11.6 Å². The SMILES string of the molecule is COC1CCC(NC(=O)Cn2c(=O)oc3ccccc32)CC1. The number of carbonyl (C=O) groups excluding carboxylic acids is 1. The number of hydrogen-bond donors (Lipinski definition) is 1. The van der Waals surface area contributed by atoms with Crippen LogP contribution < -0.4 is 11.1 Å². The average molecular weight is 304 g/mol. The predicted octanol–water partition coefficient (Wildman–Crippen LogP) is 1.67. The number of carbonyl (C=O) groups is 1. The Morgan fingerprint density at radius 3 is 2.77 bits per heavy atom. The van der Waals surface area contributed by atoms with E-state index in [9.17, 15) is 9.59 Å². The second kappa shape index (κ2) is 6.36. The van der Waals surface area contributed by atoms with Gasteiger partial charge in [-0.25, -0.2) is 4.79 Å². The normalized spacial score (nSPS) is 21.9. The molecule has 1 aromatic carbocycles. The van der Waals surface area contributed by atoms with Crippen molar-refractivity contribution in [2.75, 3.05) is 7.11 Å². The molecule has 0 atom stereocenters. The minimum Gasteiger partial charge on any atom is -0.408 e. The zero-order chi connectivity index (χ0) is 15.5. The highest BCUT2D eigenvalue weighted by Crippen LogP contribution is 2.20. The van der Waals surface area contributed by atoms with Crippen molar-refractivity contribution < 1.29 is 13.9 Å². The maximum Gasteiger partial charge on any atom is 0.420 e. The number of nitrogens with one attached hydrogen (secondary N) is 1. The largest absolute Gasteiger partial charge is 0.420 e. The van der Waals surface area contributed by atoms with E-state index in [1.165, 1.54) is 4.57 Å². The molecular formula is C16H20N2O4. The molecule has 0 spiro atoms. The first-order valence-corrected chi connectivity index (χ1v) is 7.58. The van der Waals surface area contributed by atoms with Gasteiger partial charge in [-0.15, -0.1) is 0 Å². The van der Waals surface area contributed by atoms with Gasteiger partial charge in [0.15, 0.2) is 5.58 Å². The van der Waals surface area contributed by atoms with Gasteiger partial charge < -0.3 is 14.5 Å². The van der Waals surface area contributed by atoms with E-state index in [-0.39, 0.29) is 18.5 Å². The minimum absolute atomic E-state index is 0.0138. The Morgan fingerprint density at radius 1 is 1.32 bits per heavy atom. The van der Waals surface area contributed by atoms with E-state index >= 15 is 0 Å². The van der Waals surface area contributed by atoms with Gasteiger partial charge in [-0.3, -0.25) is 9.36 Å². The third-order valence-electron chi connectivity index (χ3n) is 4.25. The van der Waals surface area contributed by atoms with Crippen molar-refractivity contribution in [1.29, 1.82) is 0 Å². The fraction of sp³-hybridized carbons (Fsp3) is 0.500. The van der Waals surface area contributed by atoms with Crippen LogP contribution in [0.15, 0.2) is 33.5 Å². The van der Waals surface area contributed by atoms with Gasteiger partial charge >= 0.3 is 5.76 Å². The molecule has 1 aliphatic carbocycles. The van der Waals surface area contributed by atoms with Crippen LogP contribution in [0.3, 0.4) is 0 Å². The molecule has 1 saturated carbocycles. The first-order valence-electron chi connectivity index (χ1n) is 7.58. The summed E-state index contributed by atoms with van der Waals surface area (Å²) in [6.07, 6.45) is 4.02. The van der Waals surface area contributed by atoms with Gasteiger partial charge in [-0.2, -0.15) is 0 Å². The molecule has 22 heavy (non-hydrogen) atoms. The lowest BCUT2D eigenvalue weighted by Gasteiger charge is -2.28. The van der Waals surface area contributed by atoms with E-state index in [4.69, 9.17) is 9.15 Å². The standard InChI is InChI=1S/C16H20N2O4/c1-21-12-8-6-11(7-9-12)17-15(19)10-18-13-4-2-3-5-14(13)22-16(18)20/h2-5,11-12H,6-10H2,1H3,(H,17,19). The number of amides is 1. The summed E-state index contributed by atoms with van der Waals surface area (Å²) in [4.78, 5) is 24.0. The van der Waals surface area contributed by atoms with Gasteiger partial charge in [0, 0.05) is 13.2 Å². The Kier molecular flexibility index (Phi) is 4.29. The number of hydrogen-bond acceptors (Lipinski definition) is 4. The second-order valence-corrected chi connectivity index (χ2v) is 5.70. The Morgan fingerprint density at radius 2 is 2.05 bits per heavy atom. The maximum absolute atomic E-state index is 12.2. The monoisotopic (exact) mass is 304 g/mol. The van der Waals surface area contributed by atoms with Gasteiger partial charge in [0.1, 0.15) is 6.54 Å². The number of methoxy groups -OCH3 is 1. The number of ether oxygens (including phenoxy) is 1. The number of para-hydroxylation sites is 2. The van der Waals surface area contributed by atoms with Crippen molar-refractivity contribution >= 4 is 17.0 Å². The highest BCUT2D eigenvalue weighted by atomic mass is 16.5. The first-order chi connectivity index (χ1) is 10.7. The van der Waals surface area contributed by atoms with Crippen LogP contribution in [0.4, 0.5) is 0 Å². The van der Waals surface area contributed by atoms with E-state index < -0.39 is 5.76 Å². The fourth-order valence-corrected chi connectivity index (χ4v) is 3.02. The van der Waals surface area contributed by atoms with Crippen LogP contribution in [0, 0.1) is 0 Å². The van der Waals surface area contributed by atoms with Crippen LogP contribution in [0.2, 0.25) is 0 Å². The van der Waals surface area contributed by atoms with Crippen LogP contribution >= 0.6 is 0 Å². The molecule has 0 aliphatic heterocycles. The topological polar surface area (TPSA) is 73.5 Å². The molecule has 0 unspecified atom stereocenters. The molecule has 3 rings (SSSR count). The summed E-state index contributed by atoms with van der Waals surface area (Å²) >= 11 is 0. The molecule has 0 saturated heterocycles. The molecule has 118 valence electrons. The second-order valence-electron chi connectivity index (χ2n) is 5.70. The Hall–Kier alpha value is -2.08. The third-order valence-corrected chi connectivity index (χ3v) is 4.25. The molecule has 6 nitrogen and oxygen atoms in total. The zero-order valence-electron chi connectivity index (χ0n) is 12.6. The molecular weight excluding hydrogens is 284 g/mol. The summed E-state index contributed by atoms with van der Waals surface area (Å²) in [5.41, 5.74) is 1.15. The minimum atomic E-state index is -0.501. The summed E-state index contributed by atoms with van der Waals surface area (Å²) in [6, 6.07) is 7.27. The number of benzene rings is 1. The number of rotatable bonds is 4. The predicted molar refractivity (Wildman–Crippen MR) is 81.7 cm³/mol. The highest BCUT2D eigenvalue weighted by molar-refractivity contribution is 5.79. The average Bonchev–Trinajstić information content (AvgIpc) is 2.84. The van der Waals surface area contributed by atoms with E-state index in [0.717, 1.165) is 25.7 Å². The molecule has 2 aromatic rings. The van der Waals surface area contributed by atoms with Gasteiger partial charge in [-0.05, 0) is 37.8 Å². The van der Waals surface area contributed by atoms with Crippen LogP contribution in [0.1, 0.15) is 25.7 Å². The summed E-state index contributed by atoms with van der Waals surface area (Å²) in [6.45, 7) is -0.0138. The van der Waals surface area contributed by atoms with E-state index in [0.29, 0.717) is 17.2 Å². The zero-order valence-corrected chi connectivity index (χ0v) is 12.6. The summed E-state index contributed by atoms with van der Waals surface area (Å²) in [5.74, 6) is -0.658. The van der Waals surface area contributed by atoms with Gasteiger partial charge in [0.2, 0.25) is 5.91 Å². The summed E-state index contributed by atoms with van der Waals surface area (Å²) in [5, 5.41) is 3.00. The number of fused-ring (bicyclic) bond motifs is 1. The number of oxazole rings is 1. The van der Waals surface area contributed by atoms with Crippen LogP contribution in [-0.2, 0) is 16.1 Å². The van der Waals surface area contributed by atoms with E-state index in [1.807, 2.05) is 6.07 Å². The van der Waals surface area contributed by atoms with Gasteiger partial charge in [0.25, 0.3) is 0 Å². The van der Waals surface area contributed by atoms with Crippen LogP contribution in [-0.4, -0.2) is 29.7 Å². The Bertz CT molecular complexity index is 710. The Balaban J connectivity index is 1.64. The van der Waals surface area contributed by atoms with Crippen molar-refractivity contribution in [3.8, 4) is 0 Å². The smallest absolute Gasteiger partial charge is 0.408 e. The van der Waals surface area contributed by atoms with Gasteiger partial charge in [-0.1, -0.05) is 12.1 Å². The summed E-state index contributed by atoms with van der Waals surface area (Å²) in [7, 11) is 1.72. The van der Waals surface area contributed by atoms with Crippen molar-refractivity contribution in [2.24, 2.45) is 0 Å². The molecule has 1 fully saturated rings. The van der Waals surface area contributed by atoms with Crippen molar-refractivity contribution in [2.45, 2.75) is 44.4 Å². The van der Waals surface area contributed by atoms with E-state index in [1.54, 1.807) is 25.3 Å². The van der Waals surface area contributed by atoms with Crippen LogP contribution in [0.5, 0.6) is 0 Å². The van der Waals surface area contributed by atoms with Crippen LogP contribution in [0.25, 0.3) is 11.1 Å². The lowest BCUT2D eigenvalue weighted by molar-refractivity contribution is -0.122. The molecule has 1 heterocycles. The molecule has 1 amide bonds. The molecule has 1 aliphatic rings. The Labute approximate surface area is 128 Å². The quantitative estimate of drug-likeness (QED) is 0.932. The lowest BCUT2D eigenvalue weighted by Crippen LogP contribution is -2.41. The molecule has 6 heteroatoms. The fourth-order valence-electron chi connectivity index (χ4n) is 3.02. The van der Waals surface area contributed by atoms with Crippen molar-refractivity contribution in [1.82, 2.24) is 9.88 Å². The van der Waals surface area contributed by atoms with Crippen molar-refractivity contribution in [3.63, 3.8) is 0 Å².